The van der Waals surface area contributed by atoms with Crippen molar-refractivity contribution in [2.24, 2.45) is 0 Å². The van der Waals surface area contributed by atoms with E-state index >= 15 is 0 Å². The third kappa shape index (κ3) is 3.95. The second-order valence-electron chi connectivity index (χ2n) is 10.8. The number of aliphatic carboxylic acids is 1. The fourth-order valence-electron chi connectivity index (χ4n) is 6.42. The van der Waals surface area contributed by atoms with Crippen molar-refractivity contribution >= 4 is 51.0 Å². The summed E-state index contributed by atoms with van der Waals surface area (Å²) < 4.78 is 0. The highest BCUT2D eigenvalue weighted by Gasteiger charge is 2.32. The van der Waals surface area contributed by atoms with Crippen molar-refractivity contribution in [3.8, 4) is 0 Å². The molecule has 3 N–H and O–H groups in total. The Morgan fingerprint density at radius 3 is 2.54 bits per heavy atom. The van der Waals surface area contributed by atoms with Crippen LogP contribution in [0.4, 0.5) is 0 Å². The Hall–Kier alpha value is -4.26. The van der Waals surface area contributed by atoms with Gasteiger partial charge in [-0.2, -0.15) is 0 Å². The number of aromatic nitrogens is 4. The van der Waals surface area contributed by atoms with Crippen LogP contribution in [0.3, 0.4) is 0 Å². The first-order valence-corrected chi connectivity index (χ1v) is 13.5. The number of allylic oxidation sites excluding steroid dienone is 2. The van der Waals surface area contributed by atoms with Crippen LogP contribution in [0.25, 0.3) is 39.3 Å². The Kier molecular flexibility index (Phi) is 5.90. The molecular weight excluding hydrogens is 488 g/mol. The van der Waals surface area contributed by atoms with Crippen LogP contribution in [0.1, 0.15) is 94.4 Å². The van der Waals surface area contributed by atoms with E-state index < -0.39 is 5.97 Å². The number of aryl methyl sites for hydroxylation is 2. The lowest BCUT2D eigenvalue weighted by atomic mass is 9.93. The number of H-pyrrole nitrogens is 2. The number of ketones is 1. The van der Waals surface area contributed by atoms with Crippen LogP contribution in [-0.4, -0.2) is 36.8 Å². The zero-order valence-electron chi connectivity index (χ0n) is 22.8. The normalized spacial score (nSPS) is 16.3. The van der Waals surface area contributed by atoms with E-state index in [-0.39, 0.29) is 24.5 Å². The van der Waals surface area contributed by atoms with Crippen LogP contribution < -0.4 is 0 Å². The summed E-state index contributed by atoms with van der Waals surface area (Å²) in [5, 5.41) is 9.41. The Balaban J connectivity index is 1.75. The molecule has 39 heavy (non-hydrogen) atoms. The van der Waals surface area contributed by atoms with Crippen molar-refractivity contribution < 1.29 is 14.7 Å². The van der Waals surface area contributed by atoms with E-state index in [9.17, 15) is 14.7 Å². The van der Waals surface area contributed by atoms with Crippen LogP contribution in [-0.2, 0) is 17.6 Å². The number of hydrogen-bond acceptors (Lipinski definition) is 4. The Labute approximate surface area is 226 Å². The lowest BCUT2D eigenvalue weighted by Crippen LogP contribution is -2.05. The monoisotopic (exact) mass is 520 g/mol. The molecule has 0 fully saturated rings. The van der Waals surface area contributed by atoms with E-state index in [1.54, 1.807) is 0 Å². The Morgan fingerprint density at radius 2 is 1.82 bits per heavy atom. The topological polar surface area (TPSA) is 112 Å². The molecule has 0 saturated carbocycles. The van der Waals surface area contributed by atoms with Gasteiger partial charge in [0.1, 0.15) is 0 Å². The predicted octanol–water partition coefficient (Wildman–Crippen LogP) is 6.85. The van der Waals surface area contributed by atoms with Crippen LogP contribution in [0.5, 0.6) is 0 Å². The highest BCUT2D eigenvalue weighted by Crippen LogP contribution is 2.39. The molecule has 0 amide bonds. The highest BCUT2D eigenvalue weighted by atomic mass is 16.4. The predicted molar refractivity (Wildman–Crippen MR) is 155 cm³/mol. The van der Waals surface area contributed by atoms with Crippen molar-refractivity contribution in [2.45, 2.75) is 65.7 Å². The summed E-state index contributed by atoms with van der Waals surface area (Å²) in [6.07, 6.45) is 4.13. The minimum Gasteiger partial charge on any atom is -0.481 e. The number of nitrogens with one attached hydrogen (secondary N) is 2. The highest BCUT2D eigenvalue weighted by molar-refractivity contribution is 6.13. The van der Waals surface area contributed by atoms with Gasteiger partial charge in [-0.05, 0) is 80.5 Å². The number of carboxylic acid groups (broad SMARTS) is 1. The third-order valence-electron chi connectivity index (χ3n) is 8.51. The summed E-state index contributed by atoms with van der Waals surface area (Å²) in [7, 11) is 0. The average molecular weight is 521 g/mol. The lowest BCUT2D eigenvalue weighted by molar-refractivity contribution is -0.137. The molecule has 3 aromatic heterocycles. The van der Waals surface area contributed by atoms with Gasteiger partial charge in [0.2, 0.25) is 0 Å². The molecule has 198 valence electrons. The van der Waals surface area contributed by atoms with E-state index in [2.05, 4.69) is 55.5 Å². The van der Waals surface area contributed by atoms with Crippen LogP contribution >= 0.6 is 0 Å². The maximum atomic E-state index is 13.3. The van der Waals surface area contributed by atoms with Gasteiger partial charge in [-0.15, -0.1) is 0 Å². The molecule has 0 spiro atoms. The summed E-state index contributed by atoms with van der Waals surface area (Å²) in [4.78, 5) is 41.9. The lowest BCUT2D eigenvalue weighted by Gasteiger charge is -2.09. The largest absolute Gasteiger partial charge is 0.481 e. The number of aromatic amines is 2. The fraction of sp³-hybridized carbons (Fsp3) is 0.312. The molecule has 1 aliphatic carbocycles. The third-order valence-corrected chi connectivity index (χ3v) is 8.51. The maximum absolute atomic E-state index is 13.3. The molecule has 8 bridgehead atoms. The molecule has 5 heterocycles. The molecule has 3 aromatic rings. The maximum Gasteiger partial charge on any atom is 0.303 e. The van der Waals surface area contributed by atoms with Gasteiger partial charge in [0.15, 0.2) is 5.78 Å². The first kappa shape index (κ1) is 25.0. The van der Waals surface area contributed by atoms with E-state index in [0.29, 0.717) is 18.4 Å². The number of hydrogen-bond donors (Lipinski definition) is 3. The molecule has 0 saturated heterocycles. The van der Waals surface area contributed by atoms with Gasteiger partial charge in [-0.1, -0.05) is 19.6 Å². The smallest absolute Gasteiger partial charge is 0.303 e. The van der Waals surface area contributed by atoms with Crippen molar-refractivity contribution in [3.05, 3.63) is 75.4 Å². The molecule has 1 atom stereocenters. The number of carboxylic acids is 1. The molecule has 3 aliphatic rings. The van der Waals surface area contributed by atoms with Gasteiger partial charge in [0.25, 0.3) is 0 Å². The minimum atomic E-state index is -0.828. The second kappa shape index (κ2) is 9.19. The standard InChI is InChI=1S/C32H32N4O3/c1-6-20-15(3)23-11-19-10-18(8-9-29(38)39)31(33-19)22-12-28(37)30-17(5)25(36-32(22)30)14-27-21(7-2)16(4)24(35-27)13-26(20)34-23/h6,11,13-14,18,34,36H,1,7-10,12H2,2-5H3,(H,38,39). The van der Waals surface area contributed by atoms with E-state index in [1.807, 2.05) is 13.0 Å². The average Bonchev–Trinajstić information content (AvgIpc) is 3.66. The fourth-order valence-corrected chi connectivity index (χ4v) is 6.42. The Bertz CT molecular complexity index is 1800. The van der Waals surface area contributed by atoms with Crippen LogP contribution in [0.2, 0.25) is 0 Å². The van der Waals surface area contributed by atoms with Gasteiger partial charge >= 0.3 is 5.97 Å². The summed E-state index contributed by atoms with van der Waals surface area (Å²) in [5.74, 6) is -0.824. The summed E-state index contributed by atoms with van der Waals surface area (Å²) in [6, 6.07) is 6.19. The van der Waals surface area contributed by atoms with Gasteiger partial charge < -0.3 is 15.1 Å². The van der Waals surface area contributed by atoms with Gasteiger partial charge in [-0.25, -0.2) is 4.98 Å². The summed E-state index contributed by atoms with van der Waals surface area (Å²) in [6.45, 7) is 12.3. The molecule has 7 nitrogen and oxygen atoms in total. The number of nitrogens with zero attached hydrogens (tertiary/aromatic N) is 2. The number of Topliss-reactive ketones (excluding diaryl/α,β-unsaturated/α-hetero) is 1. The number of rotatable bonds is 5. The molecule has 7 heteroatoms. The molecule has 6 rings (SSSR count). The molecular formula is C32H32N4O3. The van der Waals surface area contributed by atoms with Crippen molar-refractivity contribution in [1.29, 1.82) is 0 Å². The zero-order chi connectivity index (χ0) is 27.6. The first-order chi connectivity index (χ1) is 18.7. The van der Waals surface area contributed by atoms with E-state index in [0.717, 1.165) is 79.1 Å². The van der Waals surface area contributed by atoms with Crippen molar-refractivity contribution in [3.63, 3.8) is 0 Å². The van der Waals surface area contributed by atoms with Gasteiger partial charge in [-0.3, -0.25) is 14.6 Å². The summed E-state index contributed by atoms with van der Waals surface area (Å²) in [5.41, 5.74) is 14.0. The number of carbonyl (C=O) groups is 2. The SMILES string of the molecule is C=Cc1c(C)c2cc3nc(c4c5[nH]c(cc6nc(cc1[nH]2)C(C)=C6CC)c(C)c5C(=O)C4)C(CCC(=O)O)C3. The zero-order valence-corrected chi connectivity index (χ0v) is 22.8. The minimum absolute atomic E-state index is 0.0546. The Morgan fingerprint density at radius 1 is 1.08 bits per heavy atom. The first-order valence-electron chi connectivity index (χ1n) is 13.5. The van der Waals surface area contributed by atoms with Crippen molar-refractivity contribution in [1.82, 2.24) is 19.9 Å². The van der Waals surface area contributed by atoms with E-state index in [1.165, 1.54) is 5.57 Å². The van der Waals surface area contributed by atoms with Crippen LogP contribution in [0, 0.1) is 13.8 Å². The number of fused-ring (bicyclic) bond motifs is 8. The van der Waals surface area contributed by atoms with Gasteiger partial charge in [0.05, 0.1) is 16.9 Å². The van der Waals surface area contributed by atoms with Gasteiger partial charge in [0, 0.05) is 63.4 Å². The number of carbonyl (C=O) groups excluding carboxylic acids is 1. The quantitative estimate of drug-likeness (QED) is 0.341. The van der Waals surface area contributed by atoms with Crippen LogP contribution in [0.15, 0.2) is 24.8 Å². The van der Waals surface area contributed by atoms with Crippen molar-refractivity contribution in [2.75, 3.05) is 0 Å². The summed E-state index contributed by atoms with van der Waals surface area (Å²) >= 11 is 0. The van der Waals surface area contributed by atoms with E-state index in [4.69, 9.17) is 9.97 Å². The molecule has 1 unspecified atom stereocenters. The molecule has 0 radical (unpaired) electrons. The molecule has 0 aromatic carbocycles. The second-order valence-corrected chi connectivity index (χ2v) is 10.8. The molecule has 2 aliphatic heterocycles.